The van der Waals surface area contributed by atoms with Gasteiger partial charge in [-0.2, -0.15) is 0 Å². The zero-order valence-corrected chi connectivity index (χ0v) is 17.4. The fraction of sp³-hybridized carbons (Fsp3) is 0.217. The first-order chi connectivity index (χ1) is 12.9. The summed E-state index contributed by atoms with van der Waals surface area (Å²) in [5.74, 6) is 0.973. The normalized spacial score (nSPS) is 17.7. The molecule has 2 heterocycles. The summed E-state index contributed by atoms with van der Waals surface area (Å²) >= 11 is 2.21. The Morgan fingerprint density at radius 1 is 1.11 bits per heavy atom. The highest BCUT2D eigenvalue weighted by Gasteiger charge is 2.35. The minimum absolute atomic E-state index is 0.0346. The van der Waals surface area contributed by atoms with Crippen LogP contribution in [-0.4, -0.2) is 16.4 Å². The van der Waals surface area contributed by atoms with Crippen molar-refractivity contribution in [2.24, 2.45) is 0 Å². The molecular formula is C23H20INO2. The van der Waals surface area contributed by atoms with Crippen LogP contribution in [0.15, 0.2) is 66.9 Å². The van der Waals surface area contributed by atoms with Crippen LogP contribution in [0.3, 0.4) is 0 Å². The van der Waals surface area contributed by atoms with Crippen LogP contribution >= 0.6 is 22.6 Å². The highest BCUT2D eigenvalue weighted by molar-refractivity contribution is 14.1. The molecule has 4 heteroatoms. The molecule has 27 heavy (non-hydrogen) atoms. The van der Waals surface area contributed by atoms with Crippen molar-refractivity contribution >= 4 is 28.4 Å². The van der Waals surface area contributed by atoms with E-state index in [2.05, 4.69) is 41.4 Å². The van der Waals surface area contributed by atoms with E-state index in [4.69, 9.17) is 4.74 Å². The summed E-state index contributed by atoms with van der Waals surface area (Å²) in [6, 6.07) is 19.4. The molecule has 0 spiro atoms. The molecule has 0 aliphatic carbocycles. The van der Waals surface area contributed by atoms with Gasteiger partial charge in [-0.15, -0.1) is 0 Å². The van der Waals surface area contributed by atoms with E-state index in [1.165, 1.54) is 0 Å². The van der Waals surface area contributed by atoms with Gasteiger partial charge in [0.1, 0.15) is 11.4 Å². The lowest BCUT2D eigenvalue weighted by Gasteiger charge is -2.37. The second-order valence-corrected chi connectivity index (χ2v) is 8.60. The molecule has 0 saturated carbocycles. The molecule has 0 N–H and O–H groups in total. The Kier molecular flexibility index (Phi) is 4.76. The molecule has 1 unspecified atom stereocenters. The number of hydrogen-bond donors (Lipinski definition) is 0. The van der Waals surface area contributed by atoms with Crippen LogP contribution in [0.4, 0.5) is 0 Å². The Balaban J connectivity index is 1.80. The van der Waals surface area contributed by atoms with E-state index in [-0.39, 0.29) is 17.3 Å². The molecule has 0 saturated heterocycles. The molecule has 2 aromatic carbocycles. The number of carbonyl (C=O) groups excluding carboxylic acids is 1. The monoisotopic (exact) mass is 469 g/mol. The molecule has 0 bridgehead atoms. The molecule has 1 aliphatic heterocycles. The first-order valence-corrected chi connectivity index (χ1v) is 10.1. The van der Waals surface area contributed by atoms with Gasteiger partial charge in [-0.3, -0.25) is 9.78 Å². The zero-order chi connectivity index (χ0) is 19.0. The fourth-order valence-corrected chi connectivity index (χ4v) is 4.28. The number of ketones is 1. The number of hydrogen-bond acceptors (Lipinski definition) is 3. The minimum Gasteiger partial charge on any atom is -0.488 e. The van der Waals surface area contributed by atoms with Crippen molar-refractivity contribution in [3.05, 3.63) is 92.8 Å². The van der Waals surface area contributed by atoms with Crippen LogP contribution < -0.4 is 4.74 Å². The average molecular weight is 469 g/mol. The number of pyridine rings is 1. The van der Waals surface area contributed by atoms with Gasteiger partial charge in [0.2, 0.25) is 0 Å². The van der Waals surface area contributed by atoms with E-state index in [0.29, 0.717) is 5.56 Å². The van der Waals surface area contributed by atoms with Crippen molar-refractivity contribution in [1.29, 1.82) is 0 Å². The molecular weight excluding hydrogens is 449 g/mol. The number of fused-ring (bicyclic) bond motifs is 1. The molecule has 1 atom stereocenters. The molecule has 0 amide bonds. The molecule has 3 aromatic rings. The molecule has 1 aromatic heterocycles. The van der Waals surface area contributed by atoms with E-state index >= 15 is 0 Å². The summed E-state index contributed by atoms with van der Waals surface area (Å²) in [4.78, 5) is 17.6. The third kappa shape index (κ3) is 3.63. The Labute approximate surface area is 172 Å². The largest absolute Gasteiger partial charge is 0.488 e. The van der Waals surface area contributed by atoms with Crippen LogP contribution in [0, 0.1) is 3.57 Å². The SMILES string of the molecule is CC1(C)CC(c2ccccn2)c2cc(C(=O)c3ccccc3I)ccc2O1. The van der Waals surface area contributed by atoms with Crippen LogP contribution in [0.5, 0.6) is 5.75 Å². The fourth-order valence-electron chi connectivity index (χ4n) is 3.64. The lowest BCUT2D eigenvalue weighted by molar-refractivity contribution is 0.0768. The van der Waals surface area contributed by atoms with Gasteiger partial charge in [-0.1, -0.05) is 18.2 Å². The number of halogens is 1. The summed E-state index contributed by atoms with van der Waals surface area (Å²) in [5.41, 5.74) is 3.17. The van der Waals surface area contributed by atoms with Crippen molar-refractivity contribution in [3.63, 3.8) is 0 Å². The molecule has 3 nitrogen and oxygen atoms in total. The molecule has 1 aliphatic rings. The first kappa shape index (κ1) is 18.2. The van der Waals surface area contributed by atoms with Gasteiger partial charge in [0, 0.05) is 38.1 Å². The lowest BCUT2D eigenvalue weighted by atomic mass is 9.81. The van der Waals surface area contributed by atoms with Crippen molar-refractivity contribution in [1.82, 2.24) is 4.98 Å². The highest BCUT2D eigenvalue weighted by atomic mass is 127. The number of aromatic nitrogens is 1. The van der Waals surface area contributed by atoms with E-state index < -0.39 is 0 Å². The van der Waals surface area contributed by atoms with E-state index in [1.807, 2.05) is 66.9 Å². The Hall–Kier alpha value is -2.21. The first-order valence-electron chi connectivity index (χ1n) is 8.98. The van der Waals surface area contributed by atoms with Crippen LogP contribution in [0.1, 0.15) is 53.4 Å². The average Bonchev–Trinajstić information content (AvgIpc) is 2.67. The van der Waals surface area contributed by atoms with Crippen LogP contribution in [0.25, 0.3) is 0 Å². The van der Waals surface area contributed by atoms with Gasteiger partial charge in [-0.25, -0.2) is 0 Å². The van der Waals surface area contributed by atoms with Gasteiger partial charge >= 0.3 is 0 Å². The van der Waals surface area contributed by atoms with E-state index in [9.17, 15) is 4.79 Å². The van der Waals surface area contributed by atoms with Gasteiger partial charge in [0.15, 0.2) is 5.78 Å². The smallest absolute Gasteiger partial charge is 0.194 e. The van der Waals surface area contributed by atoms with Gasteiger partial charge in [0.25, 0.3) is 0 Å². The van der Waals surface area contributed by atoms with Gasteiger partial charge in [0.05, 0.1) is 0 Å². The summed E-state index contributed by atoms with van der Waals surface area (Å²) in [7, 11) is 0. The standard InChI is InChI=1S/C23H20INO2/c1-23(2)14-18(20-9-5-6-12-25-20)17-13-15(10-11-21(17)27-23)22(26)16-7-3-4-8-19(16)24/h3-13,18H,14H2,1-2H3. The topological polar surface area (TPSA) is 39.2 Å². The van der Waals surface area contributed by atoms with E-state index in [1.54, 1.807) is 0 Å². The second kappa shape index (κ2) is 7.08. The Morgan fingerprint density at radius 2 is 1.89 bits per heavy atom. The van der Waals surface area contributed by atoms with Crippen molar-refractivity contribution < 1.29 is 9.53 Å². The minimum atomic E-state index is -0.282. The van der Waals surface area contributed by atoms with Crippen molar-refractivity contribution in [2.75, 3.05) is 0 Å². The molecule has 4 rings (SSSR count). The summed E-state index contributed by atoms with van der Waals surface area (Å²) in [6.45, 7) is 4.19. The number of benzene rings is 2. The maximum Gasteiger partial charge on any atom is 0.194 e. The predicted molar refractivity (Wildman–Crippen MR) is 114 cm³/mol. The quantitative estimate of drug-likeness (QED) is 0.370. The molecule has 136 valence electrons. The zero-order valence-electron chi connectivity index (χ0n) is 15.3. The third-order valence-corrected chi connectivity index (χ3v) is 5.83. The lowest BCUT2D eigenvalue weighted by Crippen LogP contribution is -2.35. The second-order valence-electron chi connectivity index (χ2n) is 7.43. The van der Waals surface area contributed by atoms with Gasteiger partial charge < -0.3 is 4.74 Å². The third-order valence-electron chi connectivity index (χ3n) is 4.89. The van der Waals surface area contributed by atoms with Crippen LogP contribution in [0.2, 0.25) is 0 Å². The number of ether oxygens (including phenoxy) is 1. The predicted octanol–water partition coefficient (Wildman–Crippen LogP) is 5.61. The Bertz CT molecular complexity index is 998. The van der Waals surface area contributed by atoms with Crippen molar-refractivity contribution in [3.8, 4) is 5.75 Å². The summed E-state index contributed by atoms with van der Waals surface area (Å²) in [6.07, 6.45) is 2.64. The number of rotatable bonds is 3. The maximum absolute atomic E-state index is 13.1. The molecule has 0 radical (unpaired) electrons. The van der Waals surface area contributed by atoms with E-state index in [0.717, 1.165) is 32.6 Å². The Morgan fingerprint density at radius 3 is 2.63 bits per heavy atom. The summed E-state index contributed by atoms with van der Waals surface area (Å²) in [5, 5.41) is 0. The van der Waals surface area contributed by atoms with Crippen molar-refractivity contribution in [2.45, 2.75) is 31.8 Å². The van der Waals surface area contributed by atoms with Gasteiger partial charge in [-0.05, 0) is 85.3 Å². The highest BCUT2D eigenvalue weighted by Crippen LogP contribution is 2.44. The van der Waals surface area contributed by atoms with Crippen LogP contribution in [-0.2, 0) is 0 Å². The molecule has 0 fully saturated rings. The number of nitrogens with zero attached hydrogens (tertiary/aromatic N) is 1. The maximum atomic E-state index is 13.1. The number of carbonyl (C=O) groups is 1. The summed E-state index contributed by atoms with van der Waals surface area (Å²) < 4.78 is 7.15.